The molecule has 0 fully saturated rings. The Bertz CT molecular complexity index is 206. The molecule has 0 saturated carbocycles. The summed E-state index contributed by atoms with van der Waals surface area (Å²) in [6.07, 6.45) is -0.947. The molecule has 0 aliphatic heterocycles. The molecule has 0 bridgehead atoms. The average molecular weight is 204 g/mol. The molecule has 0 aliphatic rings. The maximum atomic E-state index is 11.1. The summed E-state index contributed by atoms with van der Waals surface area (Å²) in [7, 11) is 0. The summed E-state index contributed by atoms with van der Waals surface area (Å²) >= 11 is 0. The van der Waals surface area contributed by atoms with Crippen molar-refractivity contribution < 1.29 is 19.2 Å². The predicted octanol–water partition coefficient (Wildman–Crippen LogP) is 0.174. The lowest BCUT2D eigenvalue weighted by atomic mass is 10.1. The molecule has 6 heteroatoms. The smallest absolute Gasteiger partial charge is 0.433 e. The van der Waals surface area contributed by atoms with Crippen molar-refractivity contribution in [2.75, 3.05) is 6.61 Å². The van der Waals surface area contributed by atoms with Crippen molar-refractivity contribution in [3.63, 3.8) is 0 Å². The highest BCUT2D eigenvalue weighted by Crippen LogP contribution is 1.97. The molecule has 1 unspecified atom stereocenters. The van der Waals surface area contributed by atoms with Crippen LogP contribution >= 0.6 is 0 Å². The Morgan fingerprint density at radius 3 is 2.43 bits per heavy atom. The van der Waals surface area contributed by atoms with Crippen molar-refractivity contribution in [1.29, 1.82) is 0 Å². The molecule has 0 aliphatic carbocycles. The molecule has 1 amide bonds. The third kappa shape index (κ3) is 4.66. The molecule has 0 aromatic rings. The lowest BCUT2D eigenvalue weighted by Gasteiger charge is -2.14. The third-order valence-corrected chi connectivity index (χ3v) is 1.52. The summed E-state index contributed by atoms with van der Waals surface area (Å²) in [5, 5.41) is 0. The first kappa shape index (κ1) is 12.7. The van der Waals surface area contributed by atoms with Crippen molar-refractivity contribution in [3.8, 4) is 0 Å². The highest BCUT2D eigenvalue weighted by Gasteiger charge is 2.18. The summed E-state index contributed by atoms with van der Waals surface area (Å²) in [5.41, 5.74) is 7.39. The maximum Gasteiger partial charge on any atom is 0.533 e. The number of amides is 1. The van der Waals surface area contributed by atoms with Gasteiger partial charge in [-0.2, -0.15) is 5.48 Å². The molecule has 0 spiro atoms. The van der Waals surface area contributed by atoms with Gasteiger partial charge in [-0.3, -0.25) is 4.79 Å². The Kier molecular flexibility index (Phi) is 5.62. The first-order valence-corrected chi connectivity index (χ1v) is 4.38. The van der Waals surface area contributed by atoms with E-state index in [1.807, 2.05) is 5.48 Å². The molecule has 3 N–H and O–H groups in total. The maximum absolute atomic E-state index is 11.1. The zero-order chi connectivity index (χ0) is 11.1. The number of nitrogens with two attached hydrogens (primary N) is 1. The van der Waals surface area contributed by atoms with E-state index in [9.17, 15) is 9.59 Å². The average Bonchev–Trinajstić information content (AvgIpc) is 2.13. The Balaban J connectivity index is 3.79. The number of hydrogen-bond acceptors (Lipinski definition) is 5. The fourth-order valence-corrected chi connectivity index (χ4v) is 0.610. The second-order valence-corrected chi connectivity index (χ2v) is 3.02. The van der Waals surface area contributed by atoms with E-state index in [1.54, 1.807) is 20.8 Å². The van der Waals surface area contributed by atoms with E-state index in [-0.39, 0.29) is 12.5 Å². The first-order chi connectivity index (χ1) is 6.49. The van der Waals surface area contributed by atoms with Gasteiger partial charge in [-0.25, -0.2) is 4.79 Å². The minimum absolute atomic E-state index is 0.0270. The summed E-state index contributed by atoms with van der Waals surface area (Å²) in [4.78, 5) is 26.0. The molecule has 0 radical (unpaired) electrons. The van der Waals surface area contributed by atoms with Crippen LogP contribution in [0.1, 0.15) is 20.8 Å². The monoisotopic (exact) mass is 204 g/mol. The number of hydrogen-bond donors (Lipinski definition) is 2. The van der Waals surface area contributed by atoms with E-state index in [0.717, 1.165) is 0 Å². The zero-order valence-electron chi connectivity index (χ0n) is 8.57. The SMILES string of the molecule is CCOC(=O)ONC(=O)C(N)C(C)C. The zero-order valence-corrected chi connectivity index (χ0v) is 8.57. The van der Waals surface area contributed by atoms with Crippen molar-refractivity contribution in [1.82, 2.24) is 5.48 Å². The molecular formula is C8H16N2O4. The summed E-state index contributed by atoms with van der Waals surface area (Å²) in [5.74, 6) is -0.575. The normalized spacial score (nSPS) is 12.1. The summed E-state index contributed by atoms with van der Waals surface area (Å²) in [6.45, 7) is 5.39. The van der Waals surface area contributed by atoms with Crippen LogP contribution in [0.3, 0.4) is 0 Å². The number of rotatable bonds is 3. The molecule has 6 nitrogen and oxygen atoms in total. The minimum Gasteiger partial charge on any atom is -0.433 e. The van der Waals surface area contributed by atoms with Gasteiger partial charge in [0.2, 0.25) is 0 Å². The van der Waals surface area contributed by atoms with E-state index in [2.05, 4.69) is 9.57 Å². The van der Waals surface area contributed by atoms with E-state index >= 15 is 0 Å². The second-order valence-electron chi connectivity index (χ2n) is 3.02. The van der Waals surface area contributed by atoms with Crippen LogP contribution in [-0.2, 0) is 14.4 Å². The molecule has 0 heterocycles. The highest BCUT2D eigenvalue weighted by molar-refractivity contribution is 5.81. The fourth-order valence-electron chi connectivity index (χ4n) is 0.610. The van der Waals surface area contributed by atoms with Crippen LogP contribution in [0.4, 0.5) is 4.79 Å². The van der Waals surface area contributed by atoms with Crippen LogP contribution in [0.15, 0.2) is 0 Å². The van der Waals surface area contributed by atoms with Crippen LogP contribution in [0.5, 0.6) is 0 Å². The fraction of sp³-hybridized carbons (Fsp3) is 0.750. The predicted molar refractivity (Wildman–Crippen MR) is 49.1 cm³/mol. The van der Waals surface area contributed by atoms with Crippen LogP contribution in [0.25, 0.3) is 0 Å². The van der Waals surface area contributed by atoms with Gasteiger partial charge in [0.25, 0.3) is 5.91 Å². The number of nitrogens with one attached hydrogen (secondary N) is 1. The molecule has 1 atom stereocenters. The Morgan fingerprint density at radius 1 is 1.43 bits per heavy atom. The number of hydroxylamine groups is 1. The second kappa shape index (κ2) is 6.20. The Morgan fingerprint density at radius 2 is 2.00 bits per heavy atom. The highest BCUT2D eigenvalue weighted by atomic mass is 16.8. The Labute approximate surface area is 82.7 Å². The van der Waals surface area contributed by atoms with Gasteiger partial charge < -0.3 is 15.3 Å². The van der Waals surface area contributed by atoms with Crippen LogP contribution in [0, 0.1) is 5.92 Å². The van der Waals surface area contributed by atoms with Crippen LogP contribution in [0.2, 0.25) is 0 Å². The molecule has 82 valence electrons. The molecule has 0 aromatic heterocycles. The lowest BCUT2D eigenvalue weighted by Crippen LogP contribution is -2.44. The van der Waals surface area contributed by atoms with Gasteiger partial charge in [0.05, 0.1) is 12.6 Å². The van der Waals surface area contributed by atoms with Gasteiger partial charge in [-0.15, -0.1) is 0 Å². The van der Waals surface area contributed by atoms with Gasteiger partial charge in [0.15, 0.2) is 0 Å². The lowest BCUT2D eigenvalue weighted by molar-refractivity contribution is -0.133. The van der Waals surface area contributed by atoms with E-state index < -0.39 is 18.1 Å². The standard InChI is InChI=1S/C8H16N2O4/c1-4-13-8(12)14-10-7(11)6(9)5(2)3/h5-6H,4,9H2,1-3H3,(H,10,11). The van der Waals surface area contributed by atoms with Crippen LogP contribution in [-0.4, -0.2) is 24.7 Å². The van der Waals surface area contributed by atoms with Gasteiger partial charge in [-0.05, 0) is 12.8 Å². The van der Waals surface area contributed by atoms with E-state index in [0.29, 0.717) is 0 Å². The third-order valence-electron chi connectivity index (χ3n) is 1.52. The molecule has 0 saturated heterocycles. The van der Waals surface area contributed by atoms with Gasteiger partial charge in [0.1, 0.15) is 0 Å². The molecule has 0 rings (SSSR count). The van der Waals surface area contributed by atoms with Crippen molar-refractivity contribution >= 4 is 12.1 Å². The summed E-state index contributed by atoms with van der Waals surface area (Å²) in [6, 6.07) is -0.704. The molecule has 0 aromatic carbocycles. The van der Waals surface area contributed by atoms with Gasteiger partial charge in [0, 0.05) is 0 Å². The first-order valence-electron chi connectivity index (χ1n) is 4.38. The van der Waals surface area contributed by atoms with Gasteiger partial charge in [-0.1, -0.05) is 13.8 Å². The van der Waals surface area contributed by atoms with E-state index in [4.69, 9.17) is 5.73 Å². The number of carbonyl (C=O) groups excluding carboxylic acids is 2. The molecular weight excluding hydrogens is 188 g/mol. The topological polar surface area (TPSA) is 90.6 Å². The number of ether oxygens (including phenoxy) is 1. The van der Waals surface area contributed by atoms with Gasteiger partial charge >= 0.3 is 6.16 Å². The summed E-state index contributed by atoms with van der Waals surface area (Å²) < 4.78 is 4.42. The van der Waals surface area contributed by atoms with Crippen molar-refractivity contribution in [3.05, 3.63) is 0 Å². The largest absolute Gasteiger partial charge is 0.533 e. The quantitative estimate of drug-likeness (QED) is 0.505. The number of carbonyl (C=O) groups is 2. The van der Waals surface area contributed by atoms with Crippen LogP contribution < -0.4 is 11.2 Å². The van der Waals surface area contributed by atoms with Crippen molar-refractivity contribution in [2.24, 2.45) is 11.7 Å². The van der Waals surface area contributed by atoms with Crippen molar-refractivity contribution in [2.45, 2.75) is 26.8 Å². The Hall–Kier alpha value is -1.30. The molecule has 14 heavy (non-hydrogen) atoms. The minimum atomic E-state index is -0.947. The van der Waals surface area contributed by atoms with E-state index in [1.165, 1.54) is 0 Å².